The maximum absolute atomic E-state index is 4.75. The van der Waals surface area contributed by atoms with E-state index >= 15 is 0 Å². The Morgan fingerprint density at radius 1 is 1.41 bits per heavy atom. The fraction of sp³-hybridized carbons (Fsp3) is 0.438. The van der Waals surface area contributed by atoms with Crippen LogP contribution >= 0.6 is 11.8 Å². The van der Waals surface area contributed by atoms with Gasteiger partial charge in [0, 0.05) is 43.0 Å². The predicted molar refractivity (Wildman–Crippen MR) is 94.8 cm³/mol. The number of H-pyrrole nitrogens is 1. The average molecular weight is 317 g/mol. The zero-order chi connectivity index (χ0) is 15.6. The molecule has 22 heavy (non-hydrogen) atoms. The summed E-state index contributed by atoms with van der Waals surface area (Å²) in [5, 5.41) is 9.30. The first-order valence-electron chi connectivity index (χ1n) is 7.52. The highest BCUT2D eigenvalue weighted by Gasteiger charge is 2.12. The molecule has 1 aliphatic heterocycles. The van der Waals surface area contributed by atoms with Crippen LogP contribution in [-0.4, -0.2) is 35.0 Å². The highest BCUT2D eigenvalue weighted by molar-refractivity contribution is 8.01. The Kier molecular flexibility index (Phi) is 6.96. The number of piperidine rings is 1. The van der Waals surface area contributed by atoms with E-state index in [1.807, 2.05) is 24.6 Å². The van der Waals surface area contributed by atoms with Crippen molar-refractivity contribution in [1.82, 2.24) is 15.2 Å². The molecule has 1 aromatic heterocycles. The monoisotopic (exact) mass is 317 g/mol. The van der Waals surface area contributed by atoms with Crippen LogP contribution in [0.2, 0.25) is 0 Å². The minimum atomic E-state index is 0.763. The van der Waals surface area contributed by atoms with E-state index in [-0.39, 0.29) is 0 Å². The molecule has 1 saturated heterocycles. The van der Waals surface area contributed by atoms with Gasteiger partial charge in [-0.3, -0.25) is 10.1 Å². The number of aromatic amines is 1. The lowest BCUT2D eigenvalue weighted by atomic mass is 10.1. The molecular formula is C16H23N5S. The summed E-state index contributed by atoms with van der Waals surface area (Å²) in [6.07, 6.45) is 7.27. The fourth-order valence-corrected chi connectivity index (χ4v) is 2.88. The van der Waals surface area contributed by atoms with Crippen molar-refractivity contribution in [1.29, 1.82) is 0 Å². The van der Waals surface area contributed by atoms with Crippen LogP contribution in [0.5, 0.6) is 0 Å². The van der Waals surface area contributed by atoms with Crippen LogP contribution in [0.15, 0.2) is 34.9 Å². The molecular weight excluding hydrogens is 294 g/mol. The Balaban J connectivity index is 2.28. The van der Waals surface area contributed by atoms with Crippen LogP contribution in [0.1, 0.15) is 30.7 Å². The molecule has 118 valence electrons. The van der Waals surface area contributed by atoms with E-state index in [2.05, 4.69) is 32.9 Å². The van der Waals surface area contributed by atoms with E-state index in [1.54, 1.807) is 18.0 Å². The summed E-state index contributed by atoms with van der Waals surface area (Å²) in [5.74, 6) is 1.77. The van der Waals surface area contributed by atoms with Gasteiger partial charge < -0.3 is 4.90 Å². The quantitative estimate of drug-likeness (QED) is 0.843. The lowest BCUT2D eigenvalue weighted by Gasteiger charge is -2.27. The van der Waals surface area contributed by atoms with Crippen molar-refractivity contribution in [3.63, 3.8) is 0 Å². The summed E-state index contributed by atoms with van der Waals surface area (Å²) < 4.78 is 0. The molecule has 5 nitrogen and oxygen atoms in total. The zero-order valence-corrected chi connectivity index (χ0v) is 13.9. The number of aromatic nitrogens is 3. The molecule has 0 bridgehead atoms. The molecule has 1 aromatic rings. The first kappa shape index (κ1) is 16.5. The van der Waals surface area contributed by atoms with Crippen molar-refractivity contribution >= 4 is 24.3 Å². The molecule has 1 aliphatic rings. The van der Waals surface area contributed by atoms with Crippen LogP contribution < -0.4 is 4.90 Å². The molecule has 0 saturated carbocycles. The van der Waals surface area contributed by atoms with Gasteiger partial charge in [0.15, 0.2) is 0 Å². The molecule has 0 spiro atoms. The van der Waals surface area contributed by atoms with Crippen LogP contribution in [-0.2, 0) is 5.75 Å². The van der Waals surface area contributed by atoms with Crippen molar-refractivity contribution in [2.24, 2.45) is 4.99 Å². The third-order valence-corrected chi connectivity index (χ3v) is 4.14. The largest absolute Gasteiger partial charge is 0.357 e. The van der Waals surface area contributed by atoms with Crippen molar-refractivity contribution in [3.05, 3.63) is 41.3 Å². The van der Waals surface area contributed by atoms with Gasteiger partial charge in [0.05, 0.1) is 5.69 Å². The third kappa shape index (κ3) is 5.52. The molecule has 0 aromatic carbocycles. The Bertz CT molecular complexity index is 560. The SMILES string of the molecule is C=N/C=C\SCc1cc(N2CCCCC2)nc(C)cc[nH]n1. The summed E-state index contributed by atoms with van der Waals surface area (Å²) in [6.45, 7) is 7.58. The lowest BCUT2D eigenvalue weighted by molar-refractivity contribution is 0.573. The molecule has 2 rings (SSSR count). The summed E-state index contributed by atoms with van der Waals surface area (Å²) in [5.41, 5.74) is 1.94. The average Bonchev–Trinajstić information content (AvgIpc) is 2.63. The topological polar surface area (TPSA) is 57.2 Å². The van der Waals surface area contributed by atoms with Gasteiger partial charge in [-0.05, 0) is 44.4 Å². The summed E-state index contributed by atoms with van der Waals surface area (Å²) in [7, 11) is 0. The smallest absolute Gasteiger partial charge is 0.130 e. The van der Waals surface area contributed by atoms with Crippen LogP contribution in [0.25, 0.3) is 0 Å². The summed E-state index contributed by atoms with van der Waals surface area (Å²) in [4.78, 5) is 10.8. The first-order chi connectivity index (χ1) is 10.8. The number of nitrogens with zero attached hydrogens (tertiary/aromatic N) is 4. The van der Waals surface area contributed by atoms with Gasteiger partial charge in [-0.2, -0.15) is 5.10 Å². The molecule has 1 fully saturated rings. The second-order valence-electron chi connectivity index (χ2n) is 5.15. The summed E-state index contributed by atoms with van der Waals surface area (Å²) in [6, 6.07) is 4.02. The number of hydrogen-bond donors (Lipinski definition) is 1. The predicted octanol–water partition coefficient (Wildman–Crippen LogP) is 3.63. The van der Waals surface area contributed by atoms with Gasteiger partial charge in [-0.1, -0.05) is 0 Å². The third-order valence-electron chi connectivity index (χ3n) is 3.37. The van der Waals surface area contributed by atoms with Crippen molar-refractivity contribution in [2.75, 3.05) is 18.0 Å². The molecule has 0 amide bonds. The molecule has 0 aliphatic carbocycles. The van der Waals surface area contributed by atoms with Gasteiger partial charge in [-0.25, -0.2) is 4.98 Å². The Labute approximate surface area is 136 Å². The molecule has 1 N–H and O–H groups in total. The Morgan fingerprint density at radius 2 is 2.23 bits per heavy atom. The molecule has 6 heteroatoms. The second kappa shape index (κ2) is 9.25. The van der Waals surface area contributed by atoms with Crippen LogP contribution in [0, 0.1) is 6.92 Å². The number of anilines is 1. The minimum Gasteiger partial charge on any atom is -0.357 e. The Hall–Kier alpha value is -1.82. The maximum Gasteiger partial charge on any atom is 0.130 e. The highest BCUT2D eigenvalue weighted by atomic mass is 32.2. The van der Waals surface area contributed by atoms with E-state index in [0.717, 1.165) is 36.0 Å². The van der Waals surface area contributed by atoms with Crippen molar-refractivity contribution < 1.29 is 0 Å². The number of hydrogen-bond acceptors (Lipinski definition) is 5. The van der Waals surface area contributed by atoms with Gasteiger partial charge in [-0.15, -0.1) is 11.8 Å². The van der Waals surface area contributed by atoms with E-state index in [1.165, 1.54) is 19.3 Å². The number of nitrogens with one attached hydrogen (secondary N) is 1. The summed E-state index contributed by atoms with van der Waals surface area (Å²) >= 11 is 1.64. The number of thioether (sulfide) groups is 1. The fourth-order valence-electron chi connectivity index (χ4n) is 2.29. The normalized spacial score (nSPS) is 14.9. The second-order valence-corrected chi connectivity index (χ2v) is 6.04. The maximum atomic E-state index is 4.75. The first-order valence-corrected chi connectivity index (χ1v) is 8.57. The van der Waals surface area contributed by atoms with E-state index in [4.69, 9.17) is 4.98 Å². The highest BCUT2D eigenvalue weighted by Crippen LogP contribution is 2.19. The van der Waals surface area contributed by atoms with Gasteiger partial charge >= 0.3 is 0 Å². The van der Waals surface area contributed by atoms with Gasteiger partial charge in [0.1, 0.15) is 5.82 Å². The van der Waals surface area contributed by atoms with Crippen LogP contribution in [0.4, 0.5) is 5.82 Å². The van der Waals surface area contributed by atoms with Gasteiger partial charge in [0.2, 0.25) is 0 Å². The molecule has 0 atom stereocenters. The van der Waals surface area contributed by atoms with Crippen molar-refractivity contribution in [3.8, 4) is 0 Å². The molecule has 0 unspecified atom stereocenters. The molecule has 0 radical (unpaired) electrons. The minimum absolute atomic E-state index is 0.763. The van der Waals surface area contributed by atoms with E-state index in [9.17, 15) is 0 Å². The van der Waals surface area contributed by atoms with Crippen molar-refractivity contribution in [2.45, 2.75) is 31.9 Å². The van der Waals surface area contributed by atoms with Gasteiger partial charge in [0.25, 0.3) is 0 Å². The number of aryl methyl sites for hydroxylation is 1. The lowest BCUT2D eigenvalue weighted by Crippen LogP contribution is -2.30. The zero-order valence-electron chi connectivity index (χ0n) is 13.0. The van der Waals surface area contributed by atoms with E-state index in [0.29, 0.717) is 0 Å². The standard InChI is InChI=1S/C16H23N5S/c1-14-6-7-18-20-15(13-22-11-8-17-2)12-16(19-14)21-9-4-3-5-10-21/h6-8,11-12,18H,2-5,9-10,13H2,1H3/b7-6?,11-8-,16-12?,19-14?,20-15?. The molecule has 2 heterocycles. The van der Waals surface area contributed by atoms with Crippen LogP contribution in [0.3, 0.4) is 0 Å². The Morgan fingerprint density at radius 3 is 3.00 bits per heavy atom. The number of aliphatic imine (C=N–C) groups is 1. The number of rotatable bonds is 5. The van der Waals surface area contributed by atoms with E-state index < -0.39 is 0 Å².